The summed E-state index contributed by atoms with van der Waals surface area (Å²) < 4.78 is 5.21. The molecule has 3 N–H and O–H groups in total. The summed E-state index contributed by atoms with van der Waals surface area (Å²) >= 11 is 5.92. The molecule has 0 aliphatic heterocycles. The molecule has 0 fully saturated rings. The number of halogens is 1. The zero-order valence-corrected chi connectivity index (χ0v) is 12.0. The Labute approximate surface area is 118 Å². The monoisotopic (exact) mass is 285 g/mol. The Hall–Kier alpha value is -1.46. The molecule has 0 saturated heterocycles. The third-order valence-electron chi connectivity index (χ3n) is 2.53. The standard InChI is InChI=1S/C13H20ClN3O2/c1-15-7-8-17-13(18)5-6-16-11-9-10(14)3-4-12(11)19-2/h3-4,9,15-16H,5-8H2,1-2H3,(H,17,18). The third kappa shape index (κ3) is 5.81. The van der Waals surface area contributed by atoms with Gasteiger partial charge in [-0.25, -0.2) is 0 Å². The van der Waals surface area contributed by atoms with Crippen molar-refractivity contribution in [3.8, 4) is 5.75 Å². The van der Waals surface area contributed by atoms with Crippen molar-refractivity contribution in [1.29, 1.82) is 0 Å². The summed E-state index contributed by atoms with van der Waals surface area (Å²) in [5, 5.41) is 9.54. The second kappa shape index (κ2) is 8.61. The molecule has 1 amide bonds. The van der Waals surface area contributed by atoms with Gasteiger partial charge in [-0.1, -0.05) is 11.6 Å². The number of hydrogen-bond acceptors (Lipinski definition) is 4. The number of carbonyl (C=O) groups is 1. The predicted octanol–water partition coefficient (Wildman–Crippen LogP) is 1.49. The smallest absolute Gasteiger partial charge is 0.221 e. The van der Waals surface area contributed by atoms with Gasteiger partial charge in [0.2, 0.25) is 5.91 Å². The van der Waals surface area contributed by atoms with Crippen LogP contribution in [0.5, 0.6) is 5.75 Å². The first-order chi connectivity index (χ1) is 9.17. The number of carbonyl (C=O) groups excluding carboxylic acids is 1. The number of hydrogen-bond donors (Lipinski definition) is 3. The van der Waals surface area contributed by atoms with Crippen LogP contribution >= 0.6 is 11.6 Å². The van der Waals surface area contributed by atoms with Crippen LogP contribution < -0.4 is 20.7 Å². The van der Waals surface area contributed by atoms with Gasteiger partial charge in [0.25, 0.3) is 0 Å². The summed E-state index contributed by atoms with van der Waals surface area (Å²) in [6.45, 7) is 1.93. The Balaban J connectivity index is 2.36. The van der Waals surface area contributed by atoms with E-state index in [9.17, 15) is 4.79 Å². The lowest BCUT2D eigenvalue weighted by Gasteiger charge is -2.11. The van der Waals surface area contributed by atoms with Crippen molar-refractivity contribution in [2.45, 2.75) is 6.42 Å². The van der Waals surface area contributed by atoms with Gasteiger partial charge in [-0.2, -0.15) is 0 Å². The lowest BCUT2D eigenvalue weighted by atomic mass is 10.2. The van der Waals surface area contributed by atoms with Crippen LogP contribution in [0.4, 0.5) is 5.69 Å². The molecule has 0 spiro atoms. The summed E-state index contributed by atoms with van der Waals surface area (Å²) in [7, 11) is 3.44. The zero-order chi connectivity index (χ0) is 14.1. The lowest BCUT2D eigenvalue weighted by Crippen LogP contribution is -2.31. The molecule has 0 radical (unpaired) electrons. The van der Waals surface area contributed by atoms with Crippen molar-refractivity contribution < 1.29 is 9.53 Å². The fourth-order valence-electron chi connectivity index (χ4n) is 1.54. The zero-order valence-electron chi connectivity index (χ0n) is 11.3. The lowest BCUT2D eigenvalue weighted by molar-refractivity contribution is -0.120. The number of amides is 1. The van der Waals surface area contributed by atoms with E-state index in [0.29, 0.717) is 30.3 Å². The maximum atomic E-state index is 11.5. The molecule has 5 nitrogen and oxygen atoms in total. The number of benzene rings is 1. The molecule has 0 aliphatic carbocycles. The summed E-state index contributed by atoms with van der Waals surface area (Å²) in [5.74, 6) is 0.726. The maximum absolute atomic E-state index is 11.5. The number of rotatable bonds is 8. The summed E-state index contributed by atoms with van der Waals surface area (Å²) in [5.41, 5.74) is 0.790. The highest BCUT2D eigenvalue weighted by molar-refractivity contribution is 6.30. The van der Waals surface area contributed by atoms with E-state index in [1.54, 1.807) is 25.3 Å². The normalized spacial score (nSPS) is 10.1. The molecule has 0 unspecified atom stereocenters. The van der Waals surface area contributed by atoms with Crippen molar-refractivity contribution in [1.82, 2.24) is 10.6 Å². The molecule has 1 aromatic rings. The van der Waals surface area contributed by atoms with Gasteiger partial charge >= 0.3 is 0 Å². The van der Waals surface area contributed by atoms with E-state index in [4.69, 9.17) is 16.3 Å². The molecular weight excluding hydrogens is 266 g/mol. The first-order valence-electron chi connectivity index (χ1n) is 6.16. The summed E-state index contributed by atoms with van der Waals surface area (Å²) in [4.78, 5) is 11.5. The Morgan fingerprint density at radius 1 is 1.32 bits per heavy atom. The van der Waals surface area contributed by atoms with Gasteiger partial charge < -0.3 is 20.7 Å². The largest absolute Gasteiger partial charge is 0.495 e. The first-order valence-corrected chi connectivity index (χ1v) is 6.54. The van der Waals surface area contributed by atoms with Crippen LogP contribution in [-0.4, -0.2) is 39.7 Å². The van der Waals surface area contributed by atoms with Crippen molar-refractivity contribution in [2.75, 3.05) is 39.1 Å². The van der Waals surface area contributed by atoms with Crippen molar-refractivity contribution in [2.24, 2.45) is 0 Å². The SMILES string of the molecule is CNCCNC(=O)CCNc1cc(Cl)ccc1OC. The number of likely N-dealkylation sites (N-methyl/N-ethyl adjacent to an activating group) is 1. The van der Waals surface area contributed by atoms with Crippen LogP contribution in [0.1, 0.15) is 6.42 Å². The average Bonchev–Trinajstić information content (AvgIpc) is 2.39. The summed E-state index contributed by atoms with van der Waals surface area (Å²) in [6.07, 6.45) is 0.402. The van der Waals surface area contributed by atoms with Crippen molar-refractivity contribution in [3.63, 3.8) is 0 Å². The molecule has 0 aromatic heterocycles. The molecule has 19 heavy (non-hydrogen) atoms. The van der Waals surface area contributed by atoms with Crippen LogP contribution in [0, 0.1) is 0 Å². The average molecular weight is 286 g/mol. The van der Waals surface area contributed by atoms with E-state index in [1.807, 2.05) is 7.05 Å². The van der Waals surface area contributed by atoms with Crippen LogP contribution in [0.3, 0.4) is 0 Å². The molecular formula is C13H20ClN3O2. The minimum atomic E-state index is 0.0174. The molecule has 0 heterocycles. The fourth-order valence-corrected chi connectivity index (χ4v) is 1.72. The van der Waals surface area contributed by atoms with Gasteiger partial charge in [0.15, 0.2) is 0 Å². The minimum Gasteiger partial charge on any atom is -0.495 e. The van der Waals surface area contributed by atoms with E-state index in [-0.39, 0.29) is 5.91 Å². The quantitative estimate of drug-likeness (QED) is 0.633. The second-order valence-corrected chi connectivity index (χ2v) is 4.41. The number of anilines is 1. The molecule has 0 aliphatic rings. The topological polar surface area (TPSA) is 62.4 Å². The molecule has 1 aromatic carbocycles. The number of nitrogens with one attached hydrogen (secondary N) is 3. The van der Waals surface area contributed by atoms with Gasteiger partial charge in [0.05, 0.1) is 12.8 Å². The third-order valence-corrected chi connectivity index (χ3v) is 2.76. The molecule has 0 saturated carbocycles. The Morgan fingerprint density at radius 3 is 2.79 bits per heavy atom. The highest BCUT2D eigenvalue weighted by Gasteiger charge is 2.05. The minimum absolute atomic E-state index is 0.0174. The molecule has 6 heteroatoms. The van der Waals surface area contributed by atoms with E-state index < -0.39 is 0 Å². The highest BCUT2D eigenvalue weighted by Crippen LogP contribution is 2.27. The number of methoxy groups -OCH3 is 1. The fraction of sp³-hybridized carbons (Fsp3) is 0.462. The second-order valence-electron chi connectivity index (χ2n) is 3.97. The molecule has 0 bridgehead atoms. The Kier molecular flexibility index (Phi) is 7.07. The van der Waals surface area contributed by atoms with Gasteiger partial charge in [0, 0.05) is 31.1 Å². The summed E-state index contributed by atoms with van der Waals surface area (Å²) in [6, 6.07) is 5.33. The van der Waals surface area contributed by atoms with E-state index in [2.05, 4.69) is 16.0 Å². The van der Waals surface area contributed by atoms with Gasteiger partial charge in [-0.05, 0) is 25.2 Å². The van der Waals surface area contributed by atoms with Crippen molar-refractivity contribution in [3.05, 3.63) is 23.2 Å². The number of ether oxygens (including phenoxy) is 1. The Bertz CT molecular complexity index is 413. The van der Waals surface area contributed by atoms with Gasteiger partial charge in [0.1, 0.15) is 5.75 Å². The van der Waals surface area contributed by atoms with Crippen LogP contribution in [-0.2, 0) is 4.79 Å². The molecule has 0 atom stereocenters. The van der Waals surface area contributed by atoms with E-state index >= 15 is 0 Å². The molecule has 1 rings (SSSR count). The maximum Gasteiger partial charge on any atom is 0.221 e. The van der Waals surface area contributed by atoms with Crippen LogP contribution in [0.15, 0.2) is 18.2 Å². The van der Waals surface area contributed by atoms with Gasteiger partial charge in [-0.3, -0.25) is 4.79 Å². The first kappa shape index (κ1) is 15.6. The molecule has 106 valence electrons. The van der Waals surface area contributed by atoms with Crippen molar-refractivity contribution >= 4 is 23.2 Å². The highest BCUT2D eigenvalue weighted by atomic mass is 35.5. The predicted molar refractivity (Wildman–Crippen MR) is 78.0 cm³/mol. The van der Waals surface area contributed by atoms with E-state index in [1.165, 1.54) is 0 Å². The van der Waals surface area contributed by atoms with Crippen LogP contribution in [0.25, 0.3) is 0 Å². The Morgan fingerprint density at radius 2 is 2.11 bits per heavy atom. The van der Waals surface area contributed by atoms with E-state index in [0.717, 1.165) is 12.2 Å². The van der Waals surface area contributed by atoms with Crippen LogP contribution in [0.2, 0.25) is 5.02 Å². The van der Waals surface area contributed by atoms with Gasteiger partial charge in [-0.15, -0.1) is 0 Å².